The summed E-state index contributed by atoms with van der Waals surface area (Å²) < 4.78 is 18.4. The molecule has 0 radical (unpaired) electrons. The van der Waals surface area contributed by atoms with E-state index in [1.54, 1.807) is 24.3 Å². The number of benzene rings is 2. The minimum atomic E-state index is -1.19. The van der Waals surface area contributed by atoms with Crippen molar-refractivity contribution in [3.8, 4) is 5.75 Å². The van der Waals surface area contributed by atoms with Crippen LogP contribution in [0.15, 0.2) is 42.5 Å². The van der Waals surface area contributed by atoms with Gasteiger partial charge < -0.3 is 9.84 Å². The van der Waals surface area contributed by atoms with Gasteiger partial charge in [-0.15, -0.1) is 0 Å². The van der Waals surface area contributed by atoms with Gasteiger partial charge in [0.2, 0.25) is 0 Å². The molecule has 2 aromatic carbocycles. The summed E-state index contributed by atoms with van der Waals surface area (Å²) in [6.07, 6.45) is 0. The number of halogens is 2. The summed E-state index contributed by atoms with van der Waals surface area (Å²) in [5.74, 6) is -1.26. The molecule has 0 spiro atoms. The van der Waals surface area contributed by atoms with E-state index in [-0.39, 0.29) is 12.2 Å². The van der Waals surface area contributed by atoms with Crippen LogP contribution in [-0.2, 0) is 6.61 Å². The number of carbonyl (C=O) groups is 1. The Hall–Kier alpha value is -2.07. The molecule has 0 aliphatic heterocycles. The first-order chi connectivity index (χ1) is 9.06. The molecule has 0 heterocycles. The molecule has 0 saturated heterocycles. The van der Waals surface area contributed by atoms with Crippen LogP contribution in [0.3, 0.4) is 0 Å². The fourth-order valence-electron chi connectivity index (χ4n) is 1.59. The molecule has 2 aromatic rings. The molecular weight excluding hydrogens is 271 g/mol. The molecule has 1 N–H and O–H groups in total. The fourth-order valence-corrected chi connectivity index (χ4v) is 1.77. The van der Waals surface area contributed by atoms with E-state index in [4.69, 9.17) is 21.4 Å². The third-order valence-corrected chi connectivity index (χ3v) is 2.73. The lowest BCUT2D eigenvalue weighted by molar-refractivity contribution is 0.0693. The Balaban J connectivity index is 2.17. The second-order valence-corrected chi connectivity index (χ2v) is 4.29. The summed E-state index contributed by atoms with van der Waals surface area (Å²) in [6, 6.07) is 10.3. The minimum absolute atomic E-state index is 0.0300. The van der Waals surface area contributed by atoms with Crippen LogP contribution in [-0.4, -0.2) is 11.1 Å². The van der Waals surface area contributed by atoms with E-state index in [1.807, 2.05) is 0 Å². The average Bonchev–Trinajstić information content (AvgIpc) is 2.37. The zero-order valence-electron chi connectivity index (χ0n) is 9.77. The third kappa shape index (κ3) is 3.45. The first-order valence-electron chi connectivity index (χ1n) is 5.46. The topological polar surface area (TPSA) is 46.5 Å². The summed E-state index contributed by atoms with van der Waals surface area (Å²) in [6.45, 7) is 0.0300. The molecule has 0 fully saturated rings. The Morgan fingerprint density at radius 2 is 2.05 bits per heavy atom. The van der Waals surface area contributed by atoms with E-state index in [0.29, 0.717) is 16.3 Å². The highest BCUT2D eigenvalue weighted by Crippen LogP contribution is 2.19. The third-order valence-electron chi connectivity index (χ3n) is 2.49. The summed E-state index contributed by atoms with van der Waals surface area (Å²) in [5, 5.41) is 9.51. The Kier molecular flexibility index (Phi) is 4.02. The predicted molar refractivity (Wildman–Crippen MR) is 69.1 cm³/mol. The molecule has 3 nitrogen and oxygen atoms in total. The minimum Gasteiger partial charge on any atom is -0.489 e. The highest BCUT2D eigenvalue weighted by Gasteiger charge is 2.11. The monoisotopic (exact) mass is 280 g/mol. The highest BCUT2D eigenvalue weighted by atomic mass is 35.5. The smallest absolute Gasteiger partial charge is 0.336 e. The van der Waals surface area contributed by atoms with Gasteiger partial charge in [-0.25, -0.2) is 9.18 Å². The number of carboxylic acid groups (broad SMARTS) is 1. The van der Waals surface area contributed by atoms with Gasteiger partial charge in [0.25, 0.3) is 0 Å². The van der Waals surface area contributed by atoms with Crippen molar-refractivity contribution in [3.63, 3.8) is 0 Å². The zero-order chi connectivity index (χ0) is 13.8. The molecule has 0 saturated carbocycles. The number of aromatic carboxylic acids is 1. The maximum atomic E-state index is 13.0. The quantitative estimate of drug-likeness (QED) is 0.927. The molecule has 5 heteroatoms. The van der Waals surface area contributed by atoms with Crippen LogP contribution in [0.5, 0.6) is 5.75 Å². The molecule has 98 valence electrons. The summed E-state index contributed by atoms with van der Waals surface area (Å²) in [5.41, 5.74) is 0.288. The molecule has 19 heavy (non-hydrogen) atoms. The Labute approximate surface area is 114 Å². The summed E-state index contributed by atoms with van der Waals surface area (Å²) in [7, 11) is 0. The molecule has 0 aliphatic carbocycles. The SMILES string of the molecule is O=C(O)c1cc(F)ccc1COc1cccc(Cl)c1. The molecule has 0 aliphatic rings. The van der Waals surface area contributed by atoms with Gasteiger partial charge in [0.1, 0.15) is 18.2 Å². The van der Waals surface area contributed by atoms with Crippen LogP contribution < -0.4 is 4.74 Å². The van der Waals surface area contributed by atoms with Crippen molar-refractivity contribution < 1.29 is 19.0 Å². The maximum absolute atomic E-state index is 13.0. The van der Waals surface area contributed by atoms with Gasteiger partial charge in [-0.05, 0) is 30.3 Å². The van der Waals surface area contributed by atoms with Gasteiger partial charge in [-0.1, -0.05) is 23.7 Å². The number of ether oxygens (including phenoxy) is 1. The second kappa shape index (κ2) is 5.71. The predicted octanol–water partition coefficient (Wildman–Crippen LogP) is 3.76. The first-order valence-corrected chi connectivity index (χ1v) is 5.84. The van der Waals surface area contributed by atoms with Gasteiger partial charge in [0.15, 0.2) is 0 Å². The summed E-state index contributed by atoms with van der Waals surface area (Å²) in [4.78, 5) is 11.0. The van der Waals surface area contributed by atoms with Crippen LogP contribution in [0.4, 0.5) is 4.39 Å². The van der Waals surface area contributed by atoms with E-state index in [9.17, 15) is 9.18 Å². The van der Waals surface area contributed by atoms with E-state index >= 15 is 0 Å². The second-order valence-electron chi connectivity index (χ2n) is 3.85. The van der Waals surface area contributed by atoms with Gasteiger partial charge in [-0.2, -0.15) is 0 Å². The molecule has 0 atom stereocenters. The Bertz CT molecular complexity index is 613. The lowest BCUT2D eigenvalue weighted by atomic mass is 10.1. The number of carboxylic acids is 1. The van der Waals surface area contributed by atoms with Crippen molar-refractivity contribution >= 4 is 17.6 Å². The van der Waals surface area contributed by atoms with Crippen LogP contribution in [0.2, 0.25) is 5.02 Å². The van der Waals surface area contributed by atoms with Gasteiger partial charge in [0.05, 0.1) is 5.56 Å². The van der Waals surface area contributed by atoms with Crippen LogP contribution in [0.25, 0.3) is 0 Å². The average molecular weight is 281 g/mol. The fraction of sp³-hybridized carbons (Fsp3) is 0.0714. The van der Waals surface area contributed by atoms with Crippen molar-refractivity contribution in [1.29, 1.82) is 0 Å². The normalized spacial score (nSPS) is 10.2. The van der Waals surface area contributed by atoms with E-state index < -0.39 is 11.8 Å². The van der Waals surface area contributed by atoms with Crippen LogP contribution in [0, 0.1) is 5.82 Å². The molecule has 0 unspecified atom stereocenters. The van der Waals surface area contributed by atoms with Crippen molar-refractivity contribution in [2.24, 2.45) is 0 Å². The van der Waals surface area contributed by atoms with E-state index in [0.717, 1.165) is 6.07 Å². The van der Waals surface area contributed by atoms with Crippen molar-refractivity contribution in [1.82, 2.24) is 0 Å². The lowest BCUT2D eigenvalue weighted by Gasteiger charge is -2.09. The number of hydrogen-bond acceptors (Lipinski definition) is 2. The van der Waals surface area contributed by atoms with Crippen LogP contribution >= 0.6 is 11.6 Å². The van der Waals surface area contributed by atoms with E-state index in [1.165, 1.54) is 12.1 Å². The molecular formula is C14H10ClFO3. The first kappa shape index (κ1) is 13.4. The Morgan fingerprint density at radius 3 is 2.74 bits per heavy atom. The molecule has 2 rings (SSSR count). The summed E-state index contributed by atoms with van der Waals surface area (Å²) >= 11 is 5.81. The molecule has 0 bridgehead atoms. The largest absolute Gasteiger partial charge is 0.489 e. The van der Waals surface area contributed by atoms with Crippen LogP contribution in [0.1, 0.15) is 15.9 Å². The maximum Gasteiger partial charge on any atom is 0.336 e. The van der Waals surface area contributed by atoms with Gasteiger partial charge >= 0.3 is 5.97 Å². The van der Waals surface area contributed by atoms with Crippen molar-refractivity contribution in [3.05, 3.63) is 64.4 Å². The molecule has 0 aromatic heterocycles. The van der Waals surface area contributed by atoms with Crippen molar-refractivity contribution in [2.45, 2.75) is 6.61 Å². The Morgan fingerprint density at radius 1 is 1.26 bits per heavy atom. The van der Waals surface area contributed by atoms with Crippen molar-refractivity contribution in [2.75, 3.05) is 0 Å². The lowest BCUT2D eigenvalue weighted by Crippen LogP contribution is -2.06. The highest BCUT2D eigenvalue weighted by molar-refractivity contribution is 6.30. The van der Waals surface area contributed by atoms with Gasteiger partial charge in [-0.3, -0.25) is 0 Å². The molecule has 0 amide bonds. The zero-order valence-corrected chi connectivity index (χ0v) is 10.5. The number of rotatable bonds is 4. The number of hydrogen-bond donors (Lipinski definition) is 1. The standard InChI is InChI=1S/C14H10ClFO3/c15-10-2-1-3-12(6-10)19-8-9-4-5-11(16)7-13(9)14(17)18/h1-7H,8H2,(H,17,18). The van der Waals surface area contributed by atoms with Gasteiger partial charge in [0, 0.05) is 10.6 Å². The van der Waals surface area contributed by atoms with E-state index in [2.05, 4.69) is 0 Å².